The van der Waals surface area contributed by atoms with Crippen molar-refractivity contribution in [1.82, 2.24) is 30.3 Å². The molecule has 1 saturated heterocycles. The lowest BCUT2D eigenvalue weighted by atomic mass is 10.0. The van der Waals surface area contributed by atoms with Gasteiger partial charge < -0.3 is 20.1 Å². The van der Waals surface area contributed by atoms with Gasteiger partial charge in [-0.25, -0.2) is 0 Å². The van der Waals surface area contributed by atoms with E-state index in [-0.39, 0.29) is 35.8 Å². The van der Waals surface area contributed by atoms with Crippen LogP contribution < -0.4 is 10.6 Å². The van der Waals surface area contributed by atoms with E-state index in [9.17, 15) is 4.79 Å². The highest BCUT2D eigenvalue weighted by molar-refractivity contribution is 14.0. The quantitative estimate of drug-likeness (QED) is 0.255. The summed E-state index contributed by atoms with van der Waals surface area (Å²) in [5.41, 5.74) is 0. The van der Waals surface area contributed by atoms with Gasteiger partial charge in [-0.3, -0.25) is 9.79 Å². The zero-order valence-electron chi connectivity index (χ0n) is 18.7. The van der Waals surface area contributed by atoms with Crippen molar-refractivity contribution in [2.75, 3.05) is 26.7 Å². The number of nitrogens with zero attached hydrogens (tertiary/aromatic N) is 5. The third-order valence-corrected chi connectivity index (χ3v) is 5.92. The summed E-state index contributed by atoms with van der Waals surface area (Å²) in [6.07, 6.45) is 8.67. The number of rotatable bonds is 6. The Labute approximate surface area is 197 Å². The second-order valence-corrected chi connectivity index (χ2v) is 8.50. The molecule has 0 saturated carbocycles. The molecule has 3 heterocycles. The molecule has 0 radical (unpaired) electrons. The fraction of sp³-hybridized carbons (Fsp3) is 0.810. The second-order valence-electron chi connectivity index (χ2n) is 8.50. The fourth-order valence-corrected chi connectivity index (χ4v) is 4.18. The highest BCUT2D eigenvalue weighted by Gasteiger charge is 2.24. The van der Waals surface area contributed by atoms with E-state index in [1.807, 2.05) is 25.8 Å². The van der Waals surface area contributed by atoms with Gasteiger partial charge in [0, 0.05) is 58.0 Å². The summed E-state index contributed by atoms with van der Waals surface area (Å²) in [5, 5.41) is 15.7. The summed E-state index contributed by atoms with van der Waals surface area (Å²) in [6.45, 7) is 7.50. The number of likely N-dealkylation sites (tertiary alicyclic amines) is 1. The zero-order chi connectivity index (χ0) is 20.6. The number of guanidine groups is 1. The SMILES string of the molecule is CN=C(NCCCc1nnc2n1CCCCC2)NC1CCN(C(=O)C(C)C)CC1.I. The molecule has 30 heavy (non-hydrogen) atoms. The average Bonchev–Trinajstić information content (AvgIpc) is 2.95. The maximum Gasteiger partial charge on any atom is 0.225 e. The highest BCUT2D eigenvalue weighted by Crippen LogP contribution is 2.15. The van der Waals surface area contributed by atoms with Gasteiger partial charge in [-0.2, -0.15) is 0 Å². The van der Waals surface area contributed by atoms with Crippen LogP contribution in [0.4, 0.5) is 0 Å². The van der Waals surface area contributed by atoms with E-state index in [0.29, 0.717) is 6.04 Å². The van der Waals surface area contributed by atoms with Crippen molar-refractivity contribution in [2.45, 2.75) is 77.8 Å². The number of aromatic nitrogens is 3. The summed E-state index contributed by atoms with van der Waals surface area (Å²) in [4.78, 5) is 18.5. The van der Waals surface area contributed by atoms with Gasteiger partial charge in [0.2, 0.25) is 5.91 Å². The van der Waals surface area contributed by atoms with Crippen molar-refractivity contribution < 1.29 is 4.79 Å². The maximum atomic E-state index is 12.1. The van der Waals surface area contributed by atoms with Crippen molar-refractivity contribution in [3.8, 4) is 0 Å². The second kappa shape index (κ2) is 12.5. The van der Waals surface area contributed by atoms with Gasteiger partial charge in [-0.05, 0) is 32.1 Å². The van der Waals surface area contributed by atoms with Crippen molar-refractivity contribution in [1.29, 1.82) is 0 Å². The van der Waals surface area contributed by atoms with Crippen LogP contribution in [-0.2, 0) is 24.2 Å². The van der Waals surface area contributed by atoms with Crippen molar-refractivity contribution in [3.63, 3.8) is 0 Å². The van der Waals surface area contributed by atoms with Gasteiger partial charge in [0.05, 0.1) is 0 Å². The first-order valence-electron chi connectivity index (χ1n) is 11.3. The predicted octanol–water partition coefficient (Wildman–Crippen LogP) is 2.37. The number of aliphatic imine (C=N–C) groups is 1. The lowest BCUT2D eigenvalue weighted by Crippen LogP contribution is -2.50. The number of piperidine rings is 1. The molecule has 170 valence electrons. The van der Waals surface area contributed by atoms with Crippen molar-refractivity contribution in [2.24, 2.45) is 10.9 Å². The lowest BCUT2D eigenvalue weighted by Gasteiger charge is -2.34. The minimum atomic E-state index is 0. The van der Waals surface area contributed by atoms with Crippen LogP contribution in [0.5, 0.6) is 0 Å². The molecule has 2 aliphatic rings. The first-order chi connectivity index (χ1) is 14.1. The number of halogens is 1. The Morgan fingerprint density at radius 1 is 1.17 bits per heavy atom. The van der Waals surface area contributed by atoms with E-state index in [4.69, 9.17) is 0 Å². The number of fused-ring (bicyclic) bond motifs is 1. The highest BCUT2D eigenvalue weighted by atomic mass is 127. The number of amides is 1. The number of carbonyl (C=O) groups excluding carboxylic acids is 1. The number of carbonyl (C=O) groups is 1. The monoisotopic (exact) mass is 531 g/mol. The molecule has 2 aliphatic heterocycles. The van der Waals surface area contributed by atoms with Crippen LogP contribution in [0.25, 0.3) is 0 Å². The molecule has 0 bridgehead atoms. The Morgan fingerprint density at radius 2 is 1.93 bits per heavy atom. The Kier molecular flexibility index (Phi) is 10.3. The average molecular weight is 531 g/mol. The molecule has 1 aromatic heterocycles. The van der Waals surface area contributed by atoms with Gasteiger partial charge in [0.15, 0.2) is 5.96 Å². The van der Waals surface area contributed by atoms with Crippen LogP contribution in [0.3, 0.4) is 0 Å². The first kappa shape index (κ1) is 24.9. The minimum Gasteiger partial charge on any atom is -0.356 e. The Hall–Kier alpha value is -1.39. The molecule has 0 aromatic carbocycles. The van der Waals surface area contributed by atoms with E-state index in [2.05, 4.69) is 30.4 Å². The zero-order valence-corrected chi connectivity index (χ0v) is 21.0. The van der Waals surface area contributed by atoms with Crippen LogP contribution in [0.15, 0.2) is 4.99 Å². The molecular formula is C21H38IN7O. The molecule has 0 aliphatic carbocycles. The van der Waals surface area contributed by atoms with Gasteiger partial charge in [-0.1, -0.05) is 20.3 Å². The van der Waals surface area contributed by atoms with Crippen LogP contribution in [0.2, 0.25) is 0 Å². The molecule has 2 N–H and O–H groups in total. The minimum absolute atomic E-state index is 0. The lowest BCUT2D eigenvalue weighted by molar-refractivity contribution is -0.135. The molecule has 0 unspecified atom stereocenters. The van der Waals surface area contributed by atoms with E-state index in [0.717, 1.165) is 75.9 Å². The molecule has 1 fully saturated rings. The molecule has 1 amide bonds. The Balaban J connectivity index is 0.00000320. The van der Waals surface area contributed by atoms with E-state index in [1.54, 1.807) is 0 Å². The maximum absolute atomic E-state index is 12.1. The van der Waals surface area contributed by atoms with Crippen LogP contribution in [0, 0.1) is 5.92 Å². The number of nitrogens with one attached hydrogen (secondary N) is 2. The molecule has 0 spiro atoms. The molecular weight excluding hydrogens is 493 g/mol. The topological polar surface area (TPSA) is 87.4 Å². The fourth-order valence-electron chi connectivity index (χ4n) is 4.18. The molecule has 0 atom stereocenters. The Morgan fingerprint density at radius 3 is 2.63 bits per heavy atom. The van der Waals surface area contributed by atoms with Gasteiger partial charge in [0.1, 0.15) is 11.6 Å². The largest absolute Gasteiger partial charge is 0.356 e. The molecule has 8 nitrogen and oxygen atoms in total. The molecule has 1 aromatic rings. The summed E-state index contributed by atoms with van der Waals surface area (Å²) in [6, 6.07) is 0.365. The number of hydrogen-bond donors (Lipinski definition) is 2. The first-order valence-corrected chi connectivity index (χ1v) is 11.3. The molecule has 9 heteroatoms. The standard InChI is InChI=1S/C21H37N7O.HI/c1-16(2)20(29)27-14-10-17(11-15-27)24-21(22-3)23-12-7-9-19-26-25-18-8-5-4-6-13-28(18)19;/h16-17H,4-15H2,1-3H3,(H2,22,23,24);1H. The molecule has 3 rings (SSSR count). The Bertz CT molecular complexity index is 696. The van der Waals surface area contributed by atoms with Crippen LogP contribution in [0.1, 0.15) is 64.0 Å². The smallest absolute Gasteiger partial charge is 0.225 e. The predicted molar refractivity (Wildman–Crippen MR) is 130 cm³/mol. The summed E-state index contributed by atoms with van der Waals surface area (Å²) < 4.78 is 2.33. The third kappa shape index (κ3) is 6.81. The third-order valence-electron chi connectivity index (χ3n) is 5.92. The summed E-state index contributed by atoms with van der Waals surface area (Å²) in [7, 11) is 1.81. The van der Waals surface area contributed by atoms with Crippen LogP contribution >= 0.6 is 24.0 Å². The van der Waals surface area contributed by atoms with Gasteiger partial charge >= 0.3 is 0 Å². The van der Waals surface area contributed by atoms with Gasteiger partial charge in [-0.15, -0.1) is 34.2 Å². The normalized spacial score (nSPS) is 17.9. The van der Waals surface area contributed by atoms with Gasteiger partial charge in [0.25, 0.3) is 0 Å². The van der Waals surface area contributed by atoms with E-state index in [1.165, 1.54) is 19.3 Å². The summed E-state index contributed by atoms with van der Waals surface area (Å²) in [5.74, 6) is 3.46. The van der Waals surface area contributed by atoms with Crippen molar-refractivity contribution in [3.05, 3.63) is 11.6 Å². The van der Waals surface area contributed by atoms with E-state index < -0.39 is 0 Å². The number of hydrogen-bond acceptors (Lipinski definition) is 4. The summed E-state index contributed by atoms with van der Waals surface area (Å²) >= 11 is 0. The number of aryl methyl sites for hydroxylation is 2. The van der Waals surface area contributed by atoms with E-state index >= 15 is 0 Å². The van der Waals surface area contributed by atoms with Crippen molar-refractivity contribution >= 4 is 35.8 Å². The van der Waals surface area contributed by atoms with Crippen LogP contribution in [-0.4, -0.2) is 64.3 Å².